The van der Waals surface area contributed by atoms with Gasteiger partial charge in [0.15, 0.2) is 6.10 Å². The van der Waals surface area contributed by atoms with E-state index in [1.807, 2.05) is 72.3 Å². The number of nitrogens with zero attached hydrogens (tertiary/aromatic N) is 2. The molecule has 0 unspecified atom stereocenters. The van der Waals surface area contributed by atoms with Gasteiger partial charge < -0.3 is 19.0 Å². The van der Waals surface area contributed by atoms with E-state index in [1.54, 1.807) is 19.4 Å². The molecule has 1 aliphatic heterocycles. The van der Waals surface area contributed by atoms with Gasteiger partial charge in [0.05, 0.1) is 11.8 Å². The van der Waals surface area contributed by atoms with Crippen LogP contribution in [0.2, 0.25) is 0 Å². The van der Waals surface area contributed by atoms with Gasteiger partial charge in [-0.1, -0.05) is 60.7 Å². The highest BCUT2D eigenvalue weighted by atomic mass is 16.5. The number of likely N-dealkylation sites (N-methyl/N-ethyl adjacent to an activating group) is 1. The molecule has 1 aliphatic rings. The van der Waals surface area contributed by atoms with Crippen LogP contribution >= 0.6 is 0 Å². The number of piperidine rings is 1. The highest BCUT2D eigenvalue weighted by molar-refractivity contribution is 5.95. The third-order valence-electron chi connectivity index (χ3n) is 7.15. The quantitative estimate of drug-likeness (QED) is 0.466. The number of benzene rings is 2. The van der Waals surface area contributed by atoms with Crippen molar-refractivity contribution in [3.05, 3.63) is 95.4 Å². The number of amides is 2. The minimum atomic E-state index is -0.596. The first kappa shape index (κ1) is 24.7. The molecular weight excluding hydrogens is 440 g/mol. The number of aryl methyl sites for hydroxylation is 1. The lowest BCUT2D eigenvalue weighted by molar-refractivity contribution is -0.144. The Morgan fingerprint density at radius 1 is 1.03 bits per heavy atom. The average Bonchev–Trinajstić information content (AvgIpc) is 3.34. The van der Waals surface area contributed by atoms with Crippen LogP contribution in [0, 0.1) is 12.8 Å². The summed E-state index contributed by atoms with van der Waals surface area (Å²) in [5.74, 6) is 0.875. The second-order valence-corrected chi connectivity index (χ2v) is 9.25. The number of hydrogen-bond acceptors (Lipinski definition) is 4. The van der Waals surface area contributed by atoms with Crippen LogP contribution in [0.15, 0.2) is 77.4 Å². The summed E-state index contributed by atoms with van der Waals surface area (Å²) in [4.78, 5) is 30.4. The molecule has 3 aromatic rings. The predicted octanol–water partition coefficient (Wildman–Crippen LogP) is 4.90. The van der Waals surface area contributed by atoms with Crippen LogP contribution in [-0.2, 0) is 16.0 Å². The molecule has 0 radical (unpaired) electrons. The fourth-order valence-corrected chi connectivity index (χ4v) is 5.10. The van der Waals surface area contributed by atoms with Crippen molar-refractivity contribution in [3.8, 4) is 0 Å². The number of ether oxygens (including phenoxy) is 1. The van der Waals surface area contributed by atoms with Crippen LogP contribution in [-0.4, -0.2) is 54.9 Å². The van der Waals surface area contributed by atoms with E-state index in [1.165, 1.54) is 5.56 Å². The fraction of sp³-hybridized carbons (Fsp3) is 0.379. The molecule has 1 aromatic heterocycles. The normalized spacial score (nSPS) is 16.0. The summed E-state index contributed by atoms with van der Waals surface area (Å²) >= 11 is 0. The lowest BCUT2D eigenvalue weighted by Gasteiger charge is -2.40. The molecule has 0 saturated carbocycles. The Kier molecular flexibility index (Phi) is 8.03. The molecule has 2 aromatic carbocycles. The smallest absolute Gasteiger partial charge is 0.257 e. The second kappa shape index (κ2) is 11.4. The van der Waals surface area contributed by atoms with Crippen LogP contribution in [0.25, 0.3) is 0 Å². The molecule has 0 N–H and O–H groups in total. The predicted molar refractivity (Wildman–Crippen MR) is 135 cm³/mol. The number of hydrogen-bond donors (Lipinski definition) is 0. The summed E-state index contributed by atoms with van der Waals surface area (Å²) in [7, 11) is 3.47. The monoisotopic (exact) mass is 474 g/mol. The second-order valence-electron chi connectivity index (χ2n) is 9.25. The Morgan fingerprint density at radius 3 is 2.23 bits per heavy atom. The summed E-state index contributed by atoms with van der Waals surface area (Å²) in [6.07, 6.45) is 3.39. The summed E-state index contributed by atoms with van der Waals surface area (Å²) in [5.41, 5.74) is 2.66. The minimum Gasteiger partial charge on any atom is -0.469 e. The maximum absolute atomic E-state index is 13.3. The standard InChI is InChI=1S/C29H34N2O4/c1-21-25(16-19-35-21)28(32)30(2)26(20-22-10-6-4-7-11-22)23-14-17-31(18-15-23)29(33)27(34-3)24-12-8-5-9-13-24/h4-13,16,19,23,26-27H,14-15,17-18,20H2,1-3H3/t26-,27+/m0/s1. The van der Waals surface area contributed by atoms with Crippen molar-refractivity contribution >= 4 is 11.8 Å². The number of furan rings is 1. The summed E-state index contributed by atoms with van der Waals surface area (Å²) in [6.45, 7) is 3.11. The van der Waals surface area contributed by atoms with E-state index in [0.717, 1.165) is 24.8 Å². The number of carbonyl (C=O) groups is 2. The molecule has 0 bridgehead atoms. The maximum Gasteiger partial charge on any atom is 0.257 e. The van der Waals surface area contributed by atoms with Crippen molar-refractivity contribution in [1.29, 1.82) is 0 Å². The van der Waals surface area contributed by atoms with E-state index in [9.17, 15) is 9.59 Å². The molecular formula is C29H34N2O4. The molecule has 1 fully saturated rings. The SMILES string of the molecule is CO[C@@H](C(=O)N1CCC([C@H](Cc2ccccc2)N(C)C(=O)c2ccoc2C)CC1)c1ccccc1. The lowest BCUT2D eigenvalue weighted by atomic mass is 9.84. The Bertz CT molecular complexity index is 1100. The largest absolute Gasteiger partial charge is 0.469 e. The topological polar surface area (TPSA) is 63.0 Å². The molecule has 6 nitrogen and oxygen atoms in total. The molecule has 2 amide bonds. The highest BCUT2D eigenvalue weighted by Gasteiger charge is 2.35. The van der Waals surface area contributed by atoms with Crippen molar-refractivity contribution in [2.75, 3.05) is 27.2 Å². The lowest BCUT2D eigenvalue weighted by Crippen LogP contribution is -2.49. The van der Waals surface area contributed by atoms with Crippen LogP contribution in [0.5, 0.6) is 0 Å². The molecule has 6 heteroatoms. The Balaban J connectivity index is 1.48. The first-order valence-corrected chi connectivity index (χ1v) is 12.2. The molecule has 4 rings (SSSR count). The van der Waals surface area contributed by atoms with Gasteiger partial charge in [-0.25, -0.2) is 0 Å². The zero-order valence-electron chi connectivity index (χ0n) is 20.7. The van der Waals surface area contributed by atoms with Crippen molar-refractivity contribution < 1.29 is 18.7 Å². The van der Waals surface area contributed by atoms with Gasteiger partial charge in [-0.05, 0) is 49.3 Å². The van der Waals surface area contributed by atoms with Crippen LogP contribution in [0.3, 0.4) is 0 Å². The molecule has 0 aliphatic carbocycles. The van der Waals surface area contributed by atoms with Crippen LogP contribution < -0.4 is 0 Å². The van der Waals surface area contributed by atoms with Gasteiger partial charge in [-0.15, -0.1) is 0 Å². The minimum absolute atomic E-state index is 0.00443. The zero-order valence-corrected chi connectivity index (χ0v) is 20.7. The van der Waals surface area contributed by atoms with Gasteiger partial charge in [0.25, 0.3) is 11.8 Å². The number of likely N-dealkylation sites (tertiary alicyclic amines) is 1. The third-order valence-corrected chi connectivity index (χ3v) is 7.15. The molecule has 0 spiro atoms. The summed E-state index contributed by atoms with van der Waals surface area (Å²) < 4.78 is 11.0. The Morgan fingerprint density at radius 2 is 1.66 bits per heavy atom. The van der Waals surface area contributed by atoms with E-state index in [0.29, 0.717) is 24.4 Å². The van der Waals surface area contributed by atoms with Crippen molar-refractivity contribution in [2.45, 2.75) is 38.3 Å². The summed E-state index contributed by atoms with van der Waals surface area (Å²) in [6, 6.07) is 21.7. The first-order valence-electron chi connectivity index (χ1n) is 12.2. The molecule has 184 valence electrons. The fourth-order valence-electron chi connectivity index (χ4n) is 5.10. The van der Waals surface area contributed by atoms with Gasteiger partial charge in [0.1, 0.15) is 5.76 Å². The van der Waals surface area contributed by atoms with Gasteiger partial charge in [0, 0.05) is 33.3 Å². The van der Waals surface area contributed by atoms with Gasteiger partial charge in [-0.2, -0.15) is 0 Å². The zero-order chi connectivity index (χ0) is 24.8. The van der Waals surface area contributed by atoms with E-state index < -0.39 is 6.10 Å². The van der Waals surface area contributed by atoms with E-state index in [2.05, 4.69) is 12.1 Å². The van der Waals surface area contributed by atoms with E-state index in [4.69, 9.17) is 9.15 Å². The van der Waals surface area contributed by atoms with E-state index in [-0.39, 0.29) is 23.8 Å². The highest BCUT2D eigenvalue weighted by Crippen LogP contribution is 2.30. The van der Waals surface area contributed by atoms with Gasteiger partial charge in [-0.3, -0.25) is 9.59 Å². The third kappa shape index (κ3) is 5.65. The Labute approximate surface area is 207 Å². The van der Waals surface area contributed by atoms with Crippen molar-refractivity contribution in [2.24, 2.45) is 5.92 Å². The van der Waals surface area contributed by atoms with Gasteiger partial charge >= 0.3 is 0 Å². The maximum atomic E-state index is 13.3. The van der Waals surface area contributed by atoms with Crippen LogP contribution in [0.1, 0.15) is 46.2 Å². The molecule has 2 heterocycles. The molecule has 35 heavy (non-hydrogen) atoms. The average molecular weight is 475 g/mol. The molecule has 1 saturated heterocycles. The summed E-state index contributed by atoms with van der Waals surface area (Å²) in [5, 5.41) is 0. The number of methoxy groups -OCH3 is 1. The van der Waals surface area contributed by atoms with E-state index >= 15 is 0 Å². The Hall–Kier alpha value is -3.38. The number of rotatable bonds is 8. The van der Waals surface area contributed by atoms with Gasteiger partial charge in [0.2, 0.25) is 0 Å². The first-order chi connectivity index (χ1) is 17.0. The van der Waals surface area contributed by atoms with Crippen LogP contribution in [0.4, 0.5) is 0 Å². The number of carbonyl (C=O) groups excluding carboxylic acids is 2. The van der Waals surface area contributed by atoms with Crippen molar-refractivity contribution in [3.63, 3.8) is 0 Å². The van der Waals surface area contributed by atoms with Crippen molar-refractivity contribution in [1.82, 2.24) is 9.80 Å². The molecule has 2 atom stereocenters.